The standard InChI is InChI=1S/C22H27N3O3S/c1-16-13-19-14-20(9-10-21(19)25(16)17(2)26)29(27,28)24-12-11-23(3)15-22(24)18-7-5-4-6-8-18/h4-10,14,16,22H,11-13,15H2,1-3H3/t16-,22+/m1/s1. The Bertz CT molecular complexity index is 1020. The number of fused-ring (bicyclic) bond motifs is 1. The molecule has 0 aliphatic carbocycles. The van der Waals surface area contributed by atoms with E-state index >= 15 is 0 Å². The molecule has 1 fully saturated rings. The van der Waals surface area contributed by atoms with E-state index in [0.717, 1.165) is 16.8 Å². The highest BCUT2D eigenvalue weighted by atomic mass is 32.2. The van der Waals surface area contributed by atoms with Crippen LogP contribution in [0.25, 0.3) is 0 Å². The highest BCUT2D eigenvalue weighted by molar-refractivity contribution is 7.89. The minimum atomic E-state index is -3.66. The number of hydrogen-bond donors (Lipinski definition) is 0. The Balaban J connectivity index is 1.71. The molecule has 29 heavy (non-hydrogen) atoms. The molecule has 0 saturated carbocycles. The molecular formula is C22H27N3O3S. The van der Waals surface area contributed by atoms with Crippen LogP contribution >= 0.6 is 0 Å². The van der Waals surface area contributed by atoms with Crippen molar-refractivity contribution >= 4 is 21.6 Å². The molecule has 1 amide bonds. The summed E-state index contributed by atoms with van der Waals surface area (Å²) in [5.41, 5.74) is 2.74. The molecule has 1 saturated heterocycles. The van der Waals surface area contributed by atoms with E-state index < -0.39 is 10.0 Å². The minimum Gasteiger partial charge on any atom is -0.309 e. The second-order valence-electron chi connectivity index (χ2n) is 8.04. The lowest BCUT2D eigenvalue weighted by molar-refractivity contribution is -0.116. The van der Waals surface area contributed by atoms with Crippen molar-refractivity contribution in [3.8, 4) is 0 Å². The van der Waals surface area contributed by atoms with Gasteiger partial charge in [-0.25, -0.2) is 8.42 Å². The first kappa shape index (κ1) is 20.1. The first-order valence-corrected chi connectivity index (χ1v) is 11.4. The number of likely N-dealkylation sites (N-methyl/N-ethyl adjacent to an activating group) is 1. The van der Waals surface area contributed by atoms with Crippen LogP contribution in [-0.4, -0.2) is 56.3 Å². The number of amides is 1. The molecule has 2 atom stereocenters. The van der Waals surface area contributed by atoms with Crippen LogP contribution in [0.1, 0.15) is 31.0 Å². The van der Waals surface area contributed by atoms with Gasteiger partial charge in [0.25, 0.3) is 0 Å². The van der Waals surface area contributed by atoms with Crippen molar-refractivity contribution in [2.45, 2.75) is 37.2 Å². The Morgan fingerprint density at radius 1 is 1.07 bits per heavy atom. The van der Waals surface area contributed by atoms with Gasteiger partial charge in [-0.1, -0.05) is 30.3 Å². The molecule has 2 aromatic carbocycles. The Hall–Kier alpha value is -2.22. The van der Waals surface area contributed by atoms with Crippen molar-refractivity contribution in [3.05, 3.63) is 59.7 Å². The summed E-state index contributed by atoms with van der Waals surface area (Å²) >= 11 is 0. The largest absolute Gasteiger partial charge is 0.309 e. The molecule has 2 aliphatic heterocycles. The molecule has 0 radical (unpaired) electrons. The van der Waals surface area contributed by atoms with Crippen molar-refractivity contribution in [3.63, 3.8) is 0 Å². The first-order chi connectivity index (χ1) is 13.8. The third kappa shape index (κ3) is 3.58. The summed E-state index contributed by atoms with van der Waals surface area (Å²) in [4.78, 5) is 16.2. The fourth-order valence-corrected chi connectivity index (χ4v) is 6.17. The van der Waals surface area contributed by atoms with Crippen LogP contribution in [0.4, 0.5) is 5.69 Å². The van der Waals surface area contributed by atoms with Crippen LogP contribution in [-0.2, 0) is 21.2 Å². The van der Waals surface area contributed by atoms with Crippen LogP contribution < -0.4 is 4.90 Å². The number of hydrogen-bond acceptors (Lipinski definition) is 4. The van der Waals surface area contributed by atoms with E-state index in [1.165, 1.54) is 0 Å². The highest BCUT2D eigenvalue weighted by Gasteiger charge is 2.37. The maximum Gasteiger partial charge on any atom is 0.243 e. The third-order valence-corrected chi connectivity index (χ3v) is 7.84. The smallest absolute Gasteiger partial charge is 0.243 e. The van der Waals surface area contributed by atoms with Crippen LogP contribution in [0.3, 0.4) is 0 Å². The lowest BCUT2D eigenvalue weighted by Crippen LogP contribution is -2.49. The Morgan fingerprint density at radius 2 is 1.79 bits per heavy atom. The van der Waals surface area contributed by atoms with E-state index in [4.69, 9.17) is 0 Å². The molecule has 2 aromatic rings. The van der Waals surface area contributed by atoms with Gasteiger partial charge in [-0.15, -0.1) is 0 Å². The van der Waals surface area contributed by atoms with Gasteiger partial charge in [-0.05, 0) is 49.7 Å². The second kappa shape index (κ2) is 7.55. The molecule has 0 aromatic heterocycles. The van der Waals surface area contributed by atoms with Crippen molar-refractivity contribution in [2.24, 2.45) is 0 Å². The third-order valence-electron chi connectivity index (χ3n) is 5.93. The predicted octanol–water partition coefficient (Wildman–Crippen LogP) is 2.66. The number of carbonyl (C=O) groups is 1. The SMILES string of the molecule is CC(=O)N1c2ccc(S(=O)(=O)N3CCN(C)C[C@H]3c3ccccc3)cc2C[C@H]1C. The van der Waals surface area contributed by atoms with Crippen molar-refractivity contribution < 1.29 is 13.2 Å². The topological polar surface area (TPSA) is 60.9 Å². The molecule has 0 unspecified atom stereocenters. The number of sulfonamides is 1. The molecule has 2 aliphatic rings. The van der Waals surface area contributed by atoms with Crippen LogP contribution in [0.15, 0.2) is 53.4 Å². The Morgan fingerprint density at radius 3 is 2.48 bits per heavy atom. The van der Waals surface area contributed by atoms with Crippen LogP contribution in [0, 0.1) is 0 Å². The molecule has 0 bridgehead atoms. The molecule has 154 valence electrons. The van der Waals surface area contributed by atoms with E-state index in [-0.39, 0.29) is 18.0 Å². The predicted molar refractivity (Wildman–Crippen MR) is 113 cm³/mol. The number of piperazine rings is 1. The Kier molecular flexibility index (Phi) is 5.23. The average Bonchev–Trinajstić information content (AvgIpc) is 3.03. The van der Waals surface area contributed by atoms with Crippen molar-refractivity contribution in [1.82, 2.24) is 9.21 Å². The summed E-state index contributed by atoms with van der Waals surface area (Å²) in [6, 6.07) is 14.8. The van der Waals surface area contributed by atoms with Crippen molar-refractivity contribution in [2.75, 3.05) is 31.6 Å². The quantitative estimate of drug-likeness (QED) is 0.776. The molecular weight excluding hydrogens is 386 g/mol. The summed E-state index contributed by atoms with van der Waals surface area (Å²) < 4.78 is 28.8. The van der Waals surface area contributed by atoms with E-state index in [2.05, 4.69) is 4.90 Å². The number of rotatable bonds is 3. The number of carbonyl (C=O) groups excluding carboxylic acids is 1. The van der Waals surface area contributed by atoms with E-state index in [1.54, 1.807) is 34.3 Å². The van der Waals surface area contributed by atoms with E-state index in [1.807, 2.05) is 44.3 Å². The van der Waals surface area contributed by atoms with E-state index in [9.17, 15) is 13.2 Å². The molecule has 4 rings (SSSR count). The fraction of sp³-hybridized carbons (Fsp3) is 0.409. The lowest BCUT2D eigenvalue weighted by Gasteiger charge is -2.39. The van der Waals surface area contributed by atoms with Gasteiger partial charge in [0.15, 0.2) is 0 Å². The summed E-state index contributed by atoms with van der Waals surface area (Å²) in [7, 11) is -1.64. The second-order valence-corrected chi connectivity index (χ2v) is 9.93. The summed E-state index contributed by atoms with van der Waals surface area (Å²) in [6.07, 6.45) is 0.670. The van der Waals surface area contributed by atoms with E-state index in [0.29, 0.717) is 31.0 Å². The van der Waals surface area contributed by atoms with Gasteiger partial charge in [0.05, 0.1) is 10.9 Å². The monoisotopic (exact) mass is 413 g/mol. The molecule has 7 heteroatoms. The van der Waals surface area contributed by atoms with Crippen LogP contribution in [0.5, 0.6) is 0 Å². The summed E-state index contributed by atoms with van der Waals surface area (Å²) in [6.45, 7) is 5.34. The van der Waals surface area contributed by atoms with Crippen molar-refractivity contribution in [1.29, 1.82) is 0 Å². The normalized spacial score (nSPS) is 23.2. The average molecular weight is 414 g/mol. The molecule has 0 spiro atoms. The molecule has 2 heterocycles. The number of anilines is 1. The summed E-state index contributed by atoms with van der Waals surface area (Å²) in [5.74, 6) is -0.0185. The molecule has 0 N–H and O–H groups in total. The maximum atomic E-state index is 13.6. The van der Waals surface area contributed by atoms with Gasteiger partial charge in [-0.2, -0.15) is 4.31 Å². The van der Waals surface area contributed by atoms with Gasteiger partial charge in [0.1, 0.15) is 0 Å². The van der Waals surface area contributed by atoms with Gasteiger partial charge in [0, 0.05) is 38.3 Å². The van der Waals surface area contributed by atoms with Gasteiger partial charge < -0.3 is 9.80 Å². The molecule has 6 nitrogen and oxygen atoms in total. The highest BCUT2D eigenvalue weighted by Crippen LogP contribution is 2.36. The summed E-state index contributed by atoms with van der Waals surface area (Å²) in [5, 5.41) is 0. The first-order valence-electron chi connectivity index (χ1n) is 9.97. The Labute approximate surface area is 172 Å². The van der Waals surface area contributed by atoms with Gasteiger partial charge >= 0.3 is 0 Å². The van der Waals surface area contributed by atoms with Crippen LogP contribution in [0.2, 0.25) is 0 Å². The fourth-order valence-electron chi connectivity index (χ4n) is 4.52. The zero-order chi connectivity index (χ0) is 20.8. The minimum absolute atomic E-state index is 0.0185. The number of benzene rings is 2. The zero-order valence-corrected chi connectivity index (χ0v) is 17.9. The van der Waals surface area contributed by atoms with Gasteiger partial charge in [0.2, 0.25) is 15.9 Å². The maximum absolute atomic E-state index is 13.6. The van der Waals surface area contributed by atoms with Gasteiger partial charge in [-0.3, -0.25) is 4.79 Å². The zero-order valence-electron chi connectivity index (χ0n) is 17.1. The number of nitrogens with zero attached hydrogens (tertiary/aromatic N) is 3. The lowest BCUT2D eigenvalue weighted by atomic mass is 10.1.